The molecular weight excluding hydrogens is 731 g/mol. The highest BCUT2D eigenvalue weighted by atomic mass is 28.3. The van der Waals surface area contributed by atoms with E-state index in [0.29, 0.717) is 38.8 Å². The Bertz CT molecular complexity index is 2170. The van der Waals surface area contributed by atoms with Crippen molar-refractivity contribution in [2.45, 2.75) is 103 Å². The van der Waals surface area contributed by atoms with E-state index in [-0.39, 0.29) is 36.0 Å². The van der Waals surface area contributed by atoms with Gasteiger partial charge in [0.1, 0.15) is 5.75 Å². The number of aryl methyl sites for hydroxylation is 2. The summed E-state index contributed by atoms with van der Waals surface area (Å²) in [5.74, 6) is 0.582. The highest BCUT2D eigenvalue weighted by Gasteiger charge is 2.66. The maximum atomic E-state index is 15.5. The lowest BCUT2D eigenvalue weighted by Gasteiger charge is -2.37. The minimum Gasteiger partial charge on any atom is -0.497 e. The number of hydrogen-bond donors (Lipinski definition) is 1. The first-order valence-electron chi connectivity index (χ1n) is 20.4. The van der Waals surface area contributed by atoms with Crippen molar-refractivity contribution in [3.8, 4) is 5.75 Å². The van der Waals surface area contributed by atoms with E-state index < -0.39 is 13.7 Å². The summed E-state index contributed by atoms with van der Waals surface area (Å²) in [5.41, 5.74) is 6.43. The van der Waals surface area contributed by atoms with Crippen molar-refractivity contribution < 1.29 is 24.2 Å². The van der Waals surface area contributed by atoms with Crippen LogP contribution in [0.4, 0.5) is 17.1 Å². The number of para-hydroxylation sites is 1. The van der Waals surface area contributed by atoms with Gasteiger partial charge < -0.3 is 19.5 Å². The van der Waals surface area contributed by atoms with Crippen LogP contribution in [-0.2, 0) is 39.3 Å². The zero-order valence-corrected chi connectivity index (χ0v) is 35.5. The van der Waals surface area contributed by atoms with E-state index in [4.69, 9.17) is 9.47 Å². The smallest absolute Gasteiger partial charge is 0.264 e. The number of carbonyl (C=O) groups is 2. The first-order valence-corrected chi connectivity index (χ1v) is 23.4. The predicted octanol–water partition coefficient (Wildman–Crippen LogP) is 7.78. The Balaban J connectivity index is 1.34. The minimum absolute atomic E-state index is 0.00692. The van der Waals surface area contributed by atoms with E-state index >= 15 is 4.79 Å². The molecule has 0 unspecified atom stereocenters. The summed E-state index contributed by atoms with van der Waals surface area (Å²) in [4.78, 5) is 33.0. The molecule has 2 amide bonds. The average molecular weight is 788 g/mol. The molecule has 0 bridgehead atoms. The summed E-state index contributed by atoms with van der Waals surface area (Å²) in [7, 11) is -0.717. The van der Waals surface area contributed by atoms with Crippen molar-refractivity contribution in [1.82, 2.24) is 15.0 Å². The van der Waals surface area contributed by atoms with Gasteiger partial charge in [-0.2, -0.15) is 0 Å². The number of hydrogen-bond acceptors (Lipinski definition) is 7. The number of rotatable bonds is 14. The zero-order chi connectivity index (χ0) is 40.5. The summed E-state index contributed by atoms with van der Waals surface area (Å²) < 4.78 is 14.8. The van der Waals surface area contributed by atoms with E-state index in [0.717, 1.165) is 52.5 Å². The fourth-order valence-electron chi connectivity index (χ4n) is 9.48. The standard InChI is InChI=1S/C46H57N5O5Si/c1-31(2)11-10-12-32(3)23-27-50-41-21-16-36(51-40-14-9-8-13-34(40)15-22-43(51)53)29-39(41)46(45(50)54)33(4)44(57(6,7)38-19-17-37(55-5)18-20-38)42(56-46)24-26-49-30-35(25-28-52)47-48-49/h8-9,11,13-14,16-21,23,29-30,33,42,44,52H,10,12,15,22,24-28H2,1-7H3/b32-23+/t33-,42+,44-,46+/m0/s1. The largest absolute Gasteiger partial charge is 0.497 e. The molecular formula is C46H57N5O5Si. The van der Waals surface area contributed by atoms with Crippen molar-refractivity contribution in [3.63, 3.8) is 0 Å². The van der Waals surface area contributed by atoms with Crippen LogP contribution in [0.15, 0.2) is 96.2 Å². The minimum atomic E-state index is -2.40. The molecule has 0 aliphatic carbocycles. The monoisotopic (exact) mass is 787 g/mol. The quantitative estimate of drug-likeness (QED) is 0.103. The third-order valence-electron chi connectivity index (χ3n) is 12.5. The van der Waals surface area contributed by atoms with Crippen molar-refractivity contribution in [1.29, 1.82) is 0 Å². The first-order chi connectivity index (χ1) is 27.4. The molecule has 11 heteroatoms. The van der Waals surface area contributed by atoms with E-state index in [1.54, 1.807) is 7.11 Å². The SMILES string of the molecule is COc1ccc([Si](C)(C)[C@@H]2[C@@H](CCn3cc(CCO)nn3)O[C@]3(C(=O)N(C/C=C(\C)CCC=C(C)C)c4ccc(N5C(=O)CCc6ccccc65)cc43)[C@H]2C)cc1. The molecule has 300 valence electrons. The average Bonchev–Trinajstić information content (AvgIpc) is 3.85. The number of fused-ring (bicyclic) bond motifs is 3. The van der Waals surface area contributed by atoms with Gasteiger partial charge in [-0.3, -0.25) is 19.2 Å². The second-order valence-electron chi connectivity index (χ2n) is 16.7. The van der Waals surface area contributed by atoms with Crippen LogP contribution in [0.1, 0.15) is 70.2 Å². The van der Waals surface area contributed by atoms with Crippen LogP contribution in [0.3, 0.4) is 0 Å². The van der Waals surface area contributed by atoms with Gasteiger partial charge >= 0.3 is 0 Å². The molecule has 1 spiro atoms. The Kier molecular flexibility index (Phi) is 11.7. The van der Waals surface area contributed by atoms with Crippen molar-refractivity contribution in [2.75, 3.05) is 30.1 Å². The fraction of sp³-hybridized carbons (Fsp3) is 0.435. The number of aliphatic hydroxyl groups excluding tert-OH is 1. The van der Waals surface area contributed by atoms with E-state index in [1.165, 1.54) is 16.3 Å². The Hall–Kier alpha value is -4.84. The summed E-state index contributed by atoms with van der Waals surface area (Å²) in [6.45, 7) is 14.3. The molecule has 4 atom stereocenters. The topological polar surface area (TPSA) is 110 Å². The maximum absolute atomic E-state index is 15.5. The van der Waals surface area contributed by atoms with Gasteiger partial charge in [0, 0.05) is 55.9 Å². The van der Waals surface area contributed by atoms with E-state index in [2.05, 4.69) is 87.5 Å². The first kappa shape index (κ1) is 40.4. The second kappa shape index (κ2) is 16.6. The van der Waals surface area contributed by atoms with Crippen LogP contribution in [0.2, 0.25) is 18.6 Å². The molecule has 4 heterocycles. The molecule has 4 aromatic rings. The molecule has 3 aliphatic heterocycles. The Morgan fingerprint density at radius 2 is 1.79 bits per heavy atom. The Morgan fingerprint density at radius 1 is 1.02 bits per heavy atom. The van der Waals surface area contributed by atoms with Gasteiger partial charge in [0.15, 0.2) is 5.60 Å². The van der Waals surface area contributed by atoms with Gasteiger partial charge in [-0.25, -0.2) is 0 Å². The molecule has 0 radical (unpaired) electrons. The van der Waals surface area contributed by atoms with E-state index in [1.807, 2.05) is 63.1 Å². The lowest BCUT2D eigenvalue weighted by Crippen LogP contribution is -2.52. The normalized spacial score (nSPS) is 22.0. The number of aliphatic hydroxyl groups is 1. The Morgan fingerprint density at radius 3 is 2.53 bits per heavy atom. The molecule has 1 N–H and O–H groups in total. The fourth-order valence-corrected chi connectivity index (χ4v) is 13.5. The maximum Gasteiger partial charge on any atom is 0.264 e. The molecule has 0 saturated carbocycles. The van der Waals surface area contributed by atoms with Gasteiger partial charge in [0.25, 0.3) is 5.91 Å². The number of aromatic nitrogens is 3. The molecule has 7 rings (SSSR count). The van der Waals surface area contributed by atoms with Crippen LogP contribution in [0.5, 0.6) is 5.75 Å². The highest BCUT2D eigenvalue weighted by molar-refractivity contribution is 6.91. The number of methoxy groups -OCH3 is 1. The Labute approximate surface area is 338 Å². The van der Waals surface area contributed by atoms with Crippen LogP contribution >= 0.6 is 0 Å². The van der Waals surface area contributed by atoms with Crippen LogP contribution in [0, 0.1) is 5.92 Å². The molecule has 1 saturated heterocycles. The van der Waals surface area contributed by atoms with Crippen LogP contribution in [-0.4, -0.2) is 66.4 Å². The van der Waals surface area contributed by atoms with Crippen LogP contribution in [0.25, 0.3) is 0 Å². The number of ether oxygens (including phenoxy) is 2. The predicted molar refractivity (Wildman–Crippen MR) is 228 cm³/mol. The van der Waals surface area contributed by atoms with Crippen molar-refractivity contribution in [3.05, 3.63) is 113 Å². The van der Waals surface area contributed by atoms with Gasteiger partial charge in [-0.05, 0) is 94.0 Å². The third kappa shape index (κ3) is 7.65. The van der Waals surface area contributed by atoms with Gasteiger partial charge in [-0.15, -0.1) is 5.10 Å². The molecule has 3 aromatic carbocycles. The molecule has 1 aromatic heterocycles. The summed E-state index contributed by atoms with van der Waals surface area (Å²) in [5, 5.41) is 19.4. The summed E-state index contributed by atoms with van der Waals surface area (Å²) in [6, 6.07) is 22.6. The summed E-state index contributed by atoms with van der Waals surface area (Å²) in [6.07, 6.45) is 10.1. The zero-order valence-electron chi connectivity index (χ0n) is 34.5. The van der Waals surface area contributed by atoms with Crippen molar-refractivity contribution >= 4 is 42.1 Å². The van der Waals surface area contributed by atoms with Gasteiger partial charge in [0.05, 0.1) is 38.4 Å². The number of amides is 2. The second-order valence-corrected chi connectivity index (χ2v) is 21.4. The molecule has 10 nitrogen and oxygen atoms in total. The number of allylic oxidation sites excluding steroid dienone is 3. The third-order valence-corrected chi connectivity index (χ3v) is 16.8. The molecule has 1 fully saturated rings. The lowest BCUT2D eigenvalue weighted by atomic mass is 9.82. The molecule has 3 aliphatic rings. The summed E-state index contributed by atoms with van der Waals surface area (Å²) >= 11 is 0. The number of nitrogens with zero attached hydrogens (tertiary/aromatic N) is 5. The van der Waals surface area contributed by atoms with Crippen molar-refractivity contribution in [2.24, 2.45) is 5.92 Å². The number of carbonyl (C=O) groups excluding carboxylic acids is 2. The van der Waals surface area contributed by atoms with Gasteiger partial charge in [-0.1, -0.05) is 84.0 Å². The van der Waals surface area contributed by atoms with Crippen LogP contribution < -0.4 is 19.7 Å². The lowest BCUT2D eigenvalue weighted by molar-refractivity contribution is -0.145. The number of benzene rings is 3. The van der Waals surface area contributed by atoms with E-state index in [9.17, 15) is 9.90 Å². The van der Waals surface area contributed by atoms with Gasteiger partial charge in [0.2, 0.25) is 5.91 Å². The number of anilines is 3. The molecule has 57 heavy (non-hydrogen) atoms. The highest BCUT2D eigenvalue weighted by Crippen LogP contribution is 2.60.